The van der Waals surface area contributed by atoms with Crippen LogP contribution in [0.5, 0.6) is 0 Å². The minimum absolute atomic E-state index is 0.0232. The van der Waals surface area contributed by atoms with E-state index in [1.807, 2.05) is 0 Å². The Bertz CT molecular complexity index is 1160. The molecule has 2 aromatic carbocycles. The monoisotopic (exact) mass is 491 g/mol. The van der Waals surface area contributed by atoms with E-state index >= 15 is 0 Å². The number of hydrogen-bond acceptors (Lipinski definition) is 5. The van der Waals surface area contributed by atoms with Gasteiger partial charge >= 0.3 is 0 Å². The number of anilines is 2. The Morgan fingerprint density at radius 1 is 1.18 bits per heavy atom. The number of piperidine rings is 1. The molecule has 0 radical (unpaired) electrons. The summed E-state index contributed by atoms with van der Waals surface area (Å²) < 4.78 is 41.9. The van der Waals surface area contributed by atoms with Gasteiger partial charge in [0, 0.05) is 30.2 Å². The molecule has 2 heterocycles. The topological polar surface area (TPSA) is 86.8 Å². The lowest BCUT2D eigenvalue weighted by molar-refractivity contribution is -0.121. The van der Waals surface area contributed by atoms with Gasteiger partial charge in [0.05, 0.1) is 16.3 Å². The number of sulfonamides is 1. The molecule has 0 atom stereocenters. The molecule has 33 heavy (non-hydrogen) atoms. The van der Waals surface area contributed by atoms with E-state index in [2.05, 4.69) is 12.2 Å². The van der Waals surface area contributed by atoms with Crippen LogP contribution in [-0.4, -0.2) is 49.9 Å². The average molecular weight is 492 g/mol. The lowest BCUT2D eigenvalue weighted by atomic mass is 10.0. The third-order valence-electron chi connectivity index (χ3n) is 5.93. The third-order valence-corrected chi connectivity index (χ3v) is 8.88. The molecule has 0 aromatic heterocycles. The molecule has 7 nitrogen and oxygen atoms in total. The number of amides is 2. The minimum Gasteiger partial charge on any atom is -0.322 e. The van der Waals surface area contributed by atoms with Crippen LogP contribution in [-0.2, 0) is 19.6 Å². The summed E-state index contributed by atoms with van der Waals surface area (Å²) in [6, 6.07) is 10.5. The highest BCUT2D eigenvalue weighted by Crippen LogP contribution is 2.37. The molecule has 1 saturated heterocycles. The van der Waals surface area contributed by atoms with E-state index < -0.39 is 21.7 Å². The first-order valence-electron chi connectivity index (χ1n) is 10.9. The van der Waals surface area contributed by atoms with Crippen molar-refractivity contribution < 1.29 is 22.4 Å². The normalized spacial score (nSPS) is 18.0. The molecule has 2 aliphatic heterocycles. The molecule has 2 aromatic rings. The maximum Gasteiger partial charge on any atom is 0.244 e. The molecule has 2 amide bonds. The zero-order valence-electron chi connectivity index (χ0n) is 18.3. The van der Waals surface area contributed by atoms with Crippen LogP contribution in [0.25, 0.3) is 0 Å². The Hall–Kier alpha value is -2.43. The summed E-state index contributed by atoms with van der Waals surface area (Å²) in [7, 11) is -3.72. The van der Waals surface area contributed by atoms with Gasteiger partial charge in [-0.2, -0.15) is 4.31 Å². The second kappa shape index (κ2) is 9.82. The van der Waals surface area contributed by atoms with Gasteiger partial charge in [-0.1, -0.05) is 19.1 Å². The van der Waals surface area contributed by atoms with Crippen LogP contribution in [0.2, 0.25) is 0 Å². The predicted molar refractivity (Wildman–Crippen MR) is 126 cm³/mol. The van der Waals surface area contributed by atoms with Crippen molar-refractivity contribution in [1.29, 1.82) is 0 Å². The maximum atomic E-state index is 13.9. The summed E-state index contributed by atoms with van der Waals surface area (Å²) in [5.74, 6) is -0.419. The van der Waals surface area contributed by atoms with E-state index in [0.717, 1.165) is 17.7 Å². The molecule has 0 bridgehead atoms. The molecule has 0 unspecified atom stereocenters. The van der Waals surface area contributed by atoms with E-state index in [-0.39, 0.29) is 29.5 Å². The number of halogens is 1. The Morgan fingerprint density at radius 2 is 1.91 bits per heavy atom. The number of carbonyl (C=O) groups is 2. The first-order chi connectivity index (χ1) is 15.8. The van der Waals surface area contributed by atoms with Gasteiger partial charge in [0.15, 0.2) is 0 Å². The van der Waals surface area contributed by atoms with Crippen LogP contribution in [0.1, 0.15) is 26.2 Å². The molecule has 0 saturated carbocycles. The highest BCUT2D eigenvalue weighted by atomic mass is 32.2. The summed E-state index contributed by atoms with van der Waals surface area (Å²) in [4.78, 5) is 27.6. The fourth-order valence-corrected chi connectivity index (χ4v) is 6.42. The third kappa shape index (κ3) is 5.23. The molecule has 1 fully saturated rings. The van der Waals surface area contributed by atoms with E-state index in [1.165, 1.54) is 45.2 Å². The molecule has 0 spiro atoms. The first kappa shape index (κ1) is 23.7. The Morgan fingerprint density at radius 3 is 2.64 bits per heavy atom. The van der Waals surface area contributed by atoms with E-state index in [4.69, 9.17) is 0 Å². The Kier molecular flexibility index (Phi) is 7.06. The molecule has 176 valence electrons. The van der Waals surface area contributed by atoms with Gasteiger partial charge in [-0.25, -0.2) is 12.8 Å². The van der Waals surface area contributed by atoms with Crippen molar-refractivity contribution in [2.24, 2.45) is 5.92 Å². The number of hydrogen-bond donors (Lipinski definition) is 1. The smallest absolute Gasteiger partial charge is 0.244 e. The van der Waals surface area contributed by atoms with Gasteiger partial charge in [-0.3, -0.25) is 9.59 Å². The van der Waals surface area contributed by atoms with Crippen LogP contribution in [0.4, 0.5) is 15.8 Å². The fraction of sp³-hybridized carbons (Fsp3) is 0.391. The van der Waals surface area contributed by atoms with Crippen molar-refractivity contribution in [1.82, 2.24) is 4.31 Å². The molecule has 4 rings (SSSR count). The molecular weight excluding hydrogens is 465 g/mol. The van der Waals surface area contributed by atoms with Crippen LogP contribution in [0, 0.1) is 11.7 Å². The van der Waals surface area contributed by atoms with E-state index in [1.54, 1.807) is 18.2 Å². The quantitative estimate of drug-likeness (QED) is 0.689. The summed E-state index contributed by atoms with van der Waals surface area (Å²) in [5.41, 5.74) is 0.410. The SMILES string of the molecule is CC1CCN(S(=O)(=O)c2ccc3c(c2)N(CC(=O)Nc2ccccc2F)C(=O)CCS3)CC1. The van der Waals surface area contributed by atoms with Crippen molar-refractivity contribution in [3.63, 3.8) is 0 Å². The Balaban J connectivity index is 1.61. The molecule has 1 N–H and O–H groups in total. The van der Waals surface area contributed by atoms with Crippen molar-refractivity contribution in [3.8, 4) is 0 Å². The standard InChI is InChI=1S/C23H26FN3O4S2/c1-16-8-11-26(12-9-16)33(30,31)17-6-7-21-20(14-17)27(23(29)10-13-32-21)15-22(28)25-19-5-3-2-4-18(19)24/h2-7,14,16H,8-13,15H2,1H3,(H,25,28). The Labute approximate surface area is 197 Å². The second-order valence-corrected chi connectivity index (χ2v) is 11.4. The number of thioether (sulfide) groups is 1. The number of para-hydroxylation sites is 1. The van der Waals surface area contributed by atoms with Crippen LogP contribution in [0.3, 0.4) is 0 Å². The maximum absolute atomic E-state index is 13.9. The molecule has 0 aliphatic carbocycles. The predicted octanol–water partition coefficient (Wildman–Crippen LogP) is 3.71. The summed E-state index contributed by atoms with van der Waals surface area (Å²) in [6.45, 7) is 2.69. The molecular formula is C23H26FN3O4S2. The van der Waals surface area contributed by atoms with Gasteiger partial charge in [0.25, 0.3) is 0 Å². The van der Waals surface area contributed by atoms with Gasteiger partial charge in [0.1, 0.15) is 12.4 Å². The molecule has 10 heteroatoms. The number of rotatable bonds is 5. The van der Waals surface area contributed by atoms with Crippen LogP contribution >= 0.6 is 11.8 Å². The number of carbonyl (C=O) groups excluding carboxylic acids is 2. The van der Waals surface area contributed by atoms with Crippen molar-refractivity contribution in [2.45, 2.75) is 36.0 Å². The lowest BCUT2D eigenvalue weighted by Gasteiger charge is -2.30. The minimum atomic E-state index is -3.72. The number of nitrogens with zero attached hydrogens (tertiary/aromatic N) is 2. The van der Waals surface area contributed by atoms with E-state index in [9.17, 15) is 22.4 Å². The van der Waals surface area contributed by atoms with Crippen molar-refractivity contribution in [3.05, 3.63) is 48.3 Å². The fourth-order valence-electron chi connectivity index (χ4n) is 3.95. The van der Waals surface area contributed by atoms with Gasteiger partial charge in [0.2, 0.25) is 21.8 Å². The summed E-state index contributed by atoms with van der Waals surface area (Å²) >= 11 is 1.44. The second-order valence-electron chi connectivity index (χ2n) is 8.32. The number of benzene rings is 2. The van der Waals surface area contributed by atoms with Crippen molar-refractivity contribution in [2.75, 3.05) is 35.6 Å². The van der Waals surface area contributed by atoms with Crippen LogP contribution in [0.15, 0.2) is 52.3 Å². The highest BCUT2D eigenvalue weighted by molar-refractivity contribution is 7.99. The first-order valence-corrected chi connectivity index (χ1v) is 13.3. The summed E-state index contributed by atoms with van der Waals surface area (Å²) in [6.07, 6.45) is 1.82. The lowest BCUT2D eigenvalue weighted by Crippen LogP contribution is -2.39. The highest BCUT2D eigenvalue weighted by Gasteiger charge is 2.31. The van der Waals surface area contributed by atoms with E-state index in [0.29, 0.717) is 30.4 Å². The average Bonchev–Trinajstić information content (AvgIpc) is 2.94. The molecule has 2 aliphatic rings. The number of fused-ring (bicyclic) bond motifs is 1. The summed E-state index contributed by atoms with van der Waals surface area (Å²) in [5, 5.41) is 2.49. The van der Waals surface area contributed by atoms with Gasteiger partial charge in [-0.05, 0) is 49.1 Å². The number of nitrogens with one attached hydrogen (secondary N) is 1. The zero-order valence-corrected chi connectivity index (χ0v) is 19.9. The van der Waals surface area contributed by atoms with Gasteiger partial charge < -0.3 is 10.2 Å². The largest absolute Gasteiger partial charge is 0.322 e. The van der Waals surface area contributed by atoms with Gasteiger partial charge in [-0.15, -0.1) is 11.8 Å². The van der Waals surface area contributed by atoms with Crippen molar-refractivity contribution >= 4 is 45.0 Å². The van der Waals surface area contributed by atoms with Crippen LogP contribution < -0.4 is 10.2 Å². The zero-order chi connectivity index (χ0) is 23.6.